The zero-order chi connectivity index (χ0) is 16.5. The van der Waals surface area contributed by atoms with Gasteiger partial charge in [-0.15, -0.1) is 4.83 Å². The highest BCUT2D eigenvalue weighted by molar-refractivity contribution is 7.89. The summed E-state index contributed by atoms with van der Waals surface area (Å²) in [5, 5.41) is 8.50. The molecule has 0 bridgehead atoms. The smallest absolute Gasteiger partial charge is 0.330 e. The van der Waals surface area contributed by atoms with E-state index in [-0.39, 0.29) is 13.0 Å². The maximum atomic E-state index is 11.4. The molecule has 0 aliphatic carbocycles. The third kappa shape index (κ3) is 9.54. The average molecular weight is 323 g/mol. The van der Waals surface area contributed by atoms with Gasteiger partial charge >= 0.3 is 11.9 Å². The Hall–Kier alpha value is -1.98. The van der Waals surface area contributed by atoms with Crippen LogP contribution in [-0.4, -0.2) is 49.8 Å². The van der Waals surface area contributed by atoms with Gasteiger partial charge in [0.15, 0.2) is 0 Å². The van der Waals surface area contributed by atoms with E-state index < -0.39 is 39.7 Å². The van der Waals surface area contributed by atoms with Gasteiger partial charge in [-0.1, -0.05) is 0 Å². The number of carbonyl (C=O) groups is 3. The summed E-state index contributed by atoms with van der Waals surface area (Å²) >= 11 is 0. The molecule has 0 aromatic heterocycles. The first-order valence-corrected chi connectivity index (χ1v) is 7.46. The maximum absolute atomic E-state index is 11.4. The first kappa shape index (κ1) is 19.0. The van der Waals surface area contributed by atoms with Crippen LogP contribution in [0.3, 0.4) is 0 Å². The van der Waals surface area contributed by atoms with Gasteiger partial charge in [0.2, 0.25) is 10.0 Å². The summed E-state index contributed by atoms with van der Waals surface area (Å²) in [6.07, 6.45) is 1.29. The molecule has 21 heavy (non-hydrogen) atoms. The van der Waals surface area contributed by atoms with Crippen molar-refractivity contribution in [3.63, 3.8) is 0 Å². The molecular formula is C10H17N3O7S. The third-order valence-electron chi connectivity index (χ3n) is 2.00. The summed E-state index contributed by atoms with van der Waals surface area (Å²) in [5.41, 5.74) is 6.96. The van der Waals surface area contributed by atoms with Crippen molar-refractivity contribution in [1.82, 2.24) is 10.3 Å². The fourth-order valence-electron chi connectivity index (χ4n) is 0.960. The molecule has 5 N–H and O–H groups in total. The molecule has 0 saturated carbocycles. The summed E-state index contributed by atoms with van der Waals surface area (Å²) in [5.74, 6) is -3.55. The van der Waals surface area contributed by atoms with Crippen molar-refractivity contribution in [2.24, 2.45) is 5.73 Å². The number of nitrogens with two attached hydrogens (primary N) is 1. The molecule has 11 heteroatoms. The lowest BCUT2D eigenvalue weighted by atomic mass is 10.2. The number of carbonyl (C=O) groups excluding carboxylic acids is 2. The zero-order valence-electron chi connectivity index (χ0n) is 11.2. The number of esters is 1. The van der Waals surface area contributed by atoms with Gasteiger partial charge in [0.1, 0.15) is 6.04 Å². The zero-order valence-corrected chi connectivity index (χ0v) is 12.1. The second-order valence-electron chi connectivity index (χ2n) is 3.73. The van der Waals surface area contributed by atoms with Crippen LogP contribution in [0.15, 0.2) is 12.2 Å². The lowest BCUT2D eigenvalue weighted by Gasteiger charge is -2.08. The molecule has 0 aromatic carbocycles. The summed E-state index contributed by atoms with van der Waals surface area (Å²) < 4.78 is 27.3. The Bertz CT molecular complexity index is 515. The standard InChI is InChI=1S/C10H17N3O7S/c1-2-20-9(15)4-3-8(14)12-13-21(18,19)6-5-7(11)10(16)17/h3-4,7,13H,2,5-6,11H2,1H3,(H,12,14)(H,16,17)/b4-3+/t7-/m1/s1. The first-order chi connectivity index (χ1) is 9.68. The number of carboxylic acid groups (broad SMARTS) is 1. The SMILES string of the molecule is CCOC(=O)/C=C/C(=O)NNS(=O)(=O)CC[C@@H](N)C(=O)O. The summed E-state index contributed by atoms with van der Waals surface area (Å²) in [4.78, 5) is 34.2. The Kier molecular flexibility index (Phi) is 8.19. The van der Waals surface area contributed by atoms with Gasteiger partial charge in [-0.2, -0.15) is 0 Å². The first-order valence-electron chi connectivity index (χ1n) is 5.80. The lowest BCUT2D eigenvalue weighted by Crippen LogP contribution is -2.43. The van der Waals surface area contributed by atoms with E-state index in [1.54, 1.807) is 11.8 Å². The van der Waals surface area contributed by atoms with Crippen LogP contribution in [0.4, 0.5) is 0 Å². The number of carboxylic acids is 1. The molecular weight excluding hydrogens is 306 g/mol. The number of sulfonamides is 1. The van der Waals surface area contributed by atoms with Gasteiger partial charge in [-0.25, -0.2) is 13.2 Å². The minimum atomic E-state index is -3.93. The van der Waals surface area contributed by atoms with E-state index in [9.17, 15) is 22.8 Å². The maximum Gasteiger partial charge on any atom is 0.330 e. The number of amides is 1. The van der Waals surface area contributed by atoms with E-state index in [4.69, 9.17) is 10.8 Å². The van der Waals surface area contributed by atoms with Crippen LogP contribution >= 0.6 is 0 Å². The average Bonchev–Trinajstić information content (AvgIpc) is 2.40. The summed E-state index contributed by atoms with van der Waals surface area (Å²) in [6, 6.07) is -1.32. The lowest BCUT2D eigenvalue weighted by molar-refractivity contribution is -0.139. The van der Waals surface area contributed by atoms with Gasteiger partial charge in [0.25, 0.3) is 5.91 Å². The minimum Gasteiger partial charge on any atom is -0.480 e. The molecule has 10 nitrogen and oxygen atoms in total. The molecule has 0 heterocycles. The molecule has 1 atom stereocenters. The van der Waals surface area contributed by atoms with Crippen LogP contribution in [-0.2, 0) is 29.1 Å². The highest BCUT2D eigenvalue weighted by Gasteiger charge is 2.17. The van der Waals surface area contributed by atoms with E-state index in [0.717, 1.165) is 12.2 Å². The number of hydrogen-bond acceptors (Lipinski definition) is 7. The normalized spacial score (nSPS) is 12.9. The Morgan fingerprint density at radius 2 is 1.95 bits per heavy atom. The van der Waals surface area contributed by atoms with Crippen LogP contribution in [0.25, 0.3) is 0 Å². The minimum absolute atomic E-state index is 0.140. The van der Waals surface area contributed by atoms with E-state index in [1.807, 2.05) is 5.43 Å². The number of aliphatic carboxylic acids is 1. The number of rotatable bonds is 9. The van der Waals surface area contributed by atoms with Gasteiger partial charge in [0, 0.05) is 12.2 Å². The summed E-state index contributed by atoms with van der Waals surface area (Å²) in [7, 11) is -3.93. The van der Waals surface area contributed by atoms with Crippen LogP contribution < -0.4 is 16.0 Å². The third-order valence-corrected chi connectivity index (χ3v) is 3.19. The van der Waals surface area contributed by atoms with Gasteiger partial charge in [-0.3, -0.25) is 15.0 Å². The second-order valence-corrected chi connectivity index (χ2v) is 5.57. The Morgan fingerprint density at radius 3 is 2.48 bits per heavy atom. The van der Waals surface area contributed by atoms with E-state index >= 15 is 0 Å². The fraction of sp³-hybridized carbons (Fsp3) is 0.500. The summed E-state index contributed by atoms with van der Waals surface area (Å²) in [6.45, 7) is 1.73. The van der Waals surface area contributed by atoms with Crippen molar-refractivity contribution in [2.45, 2.75) is 19.4 Å². The van der Waals surface area contributed by atoms with Crippen molar-refractivity contribution in [2.75, 3.05) is 12.4 Å². The molecule has 0 fully saturated rings. The van der Waals surface area contributed by atoms with Crippen LogP contribution in [0, 0.1) is 0 Å². The predicted molar refractivity (Wildman–Crippen MR) is 71.1 cm³/mol. The quantitative estimate of drug-likeness (QED) is 0.212. The molecule has 0 saturated heterocycles. The molecule has 0 aliphatic rings. The van der Waals surface area contributed by atoms with Crippen molar-refractivity contribution in [3.8, 4) is 0 Å². The molecule has 0 aromatic rings. The highest BCUT2D eigenvalue weighted by atomic mass is 32.2. The largest absolute Gasteiger partial charge is 0.480 e. The van der Waals surface area contributed by atoms with Gasteiger partial charge < -0.3 is 15.6 Å². The Morgan fingerprint density at radius 1 is 1.33 bits per heavy atom. The van der Waals surface area contributed by atoms with Crippen molar-refractivity contribution in [1.29, 1.82) is 0 Å². The van der Waals surface area contributed by atoms with E-state index in [2.05, 4.69) is 4.74 Å². The number of ether oxygens (including phenoxy) is 1. The number of nitrogens with one attached hydrogen (secondary N) is 2. The van der Waals surface area contributed by atoms with Gasteiger partial charge in [0.05, 0.1) is 12.4 Å². The second kappa shape index (κ2) is 9.05. The van der Waals surface area contributed by atoms with E-state index in [0.29, 0.717) is 0 Å². The number of hydrogen-bond donors (Lipinski definition) is 4. The topological polar surface area (TPSA) is 165 Å². The molecule has 0 unspecified atom stereocenters. The monoisotopic (exact) mass is 323 g/mol. The van der Waals surface area contributed by atoms with Gasteiger partial charge in [-0.05, 0) is 13.3 Å². The Balaban J connectivity index is 4.22. The molecule has 0 spiro atoms. The van der Waals surface area contributed by atoms with Crippen molar-refractivity contribution in [3.05, 3.63) is 12.2 Å². The highest BCUT2D eigenvalue weighted by Crippen LogP contribution is 1.93. The predicted octanol–water partition coefficient (Wildman–Crippen LogP) is -2.14. The fourth-order valence-corrected chi connectivity index (χ4v) is 1.88. The molecule has 120 valence electrons. The molecule has 0 rings (SSSR count). The van der Waals surface area contributed by atoms with Crippen LogP contribution in [0.5, 0.6) is 0 Å². The molecule has 1 amide bonds. The van der Waals surface area contributed by atoms with E-state index in [1.165, 1.54) is 0 Å². The van der Waals surface area contributed by atoms with Crippen molar-refractivity contribution >= 4 is 27.9 Å². The number of hydrazine groups is 1. The van der Waals surface area contributed by atoms with Crippen LogP contribution in [0.1, 0.15) is 13.3 Å². The molecule has 0 aliphatic heterocycles. The van der Waals surface area contributed by atoms with Crippen LogP contribution in [0.2, 0.25) is 0 Å². The Labute approximate surface area is 121 Å². The van der Waals surface area contributed by atoms with Crippen molar-refractivity contribution < 1.29 is 32.6 Å². The molecule has 0 radical (unpaired) electrons.